The van der Waals surface area contributed by atoms with E-state index in [4.69, 9.17) is 4.74 Å². The van der Waals surface area contributed by atoms with Crippen molar-refractivity contribution in [3.8, 4) is 16.9 Å². The number of carbonyl (C=O) groups is 1. The molecule has 130 valence electrons. The van der Waals surface area contributed by atoms with E-state index in [1.54, 1.807) is 0 Å². The summed E-state index contributed by atoms with van der Waals surface area (Å²) in [6.07, 6.45) is 1.90. The van der Waals surface area contributed by atoms with E-state index in [0.717, 1.165) is 44.6 Å². The Morgan fingerprint density at radius 1 is 0.960 bits per heavy atom. The second kappa shape index (κ2) is 6.89. The van der Waals surface area contributed by atoms with Gasteiger partial charge in [0, 0.05) is 32.2 Å². The average molecular weight is 336 g/mol. The van der Waals surface area contributed by atoms with Crippen LogP contribution in [-0.4, -0.2) is 48.1 Å². The first-order chi connectivity index (χ1) is 12.2. The molecule has 3 fully saturated rings. The van der Waals surface area contributed by atoms with Crippen LogP contribution < -0.4 is 4.74 Å². The van der Waals surface area contributed by atoms with Crippen molar-refractivity contribution >= 4 is 6.09 Å². The van der Waals surface area contributed by atoms with Gasteiger partial charge < -0.3 is 14.5 Å². The van der Waals surface area contributed by atoms with Crippen LogP contribution in [0.2, 0.25) is 0 Å². The van der Waals surface area contributed by atoms with Gasteiger partial charge in [0.15, 0.2) is 0 Å². The SMILES string of the molecule is Cc1cccc(-c2ccc(OC(=O)N3CCN4CCC3CC4)cc2)c1. The van der Waals surface area contributed by atoms with Crippen LogP contribution in [0.5, 0.6) is 5.75 Å². The summed E-state index contributed by atoms with van der Waals surface area (Å²) < 4.78 is 5.64. The van der Waals surface area contributed by atoms with Crippen LogP contribution in [0.3, 0.4) is 0 Å². The number of benzene rings is 2. The summed E-state index contributed by atoms with van der Waals surface area (Å²) in [5, 5.41) is 0. The lowest BCUT2D eigenvalue weighted by Gasteiger charge is -2.30. The van der Waals surface area contributed by atoms with E-state index >= 15 is 0 Å². The zero-order valence-corrected chi connectivity index (χ0v) is 14.6. The van der Waals surface area contributed by atoms with Gasteiger partial charge in [-0.2, -0.15) is 0 Å². The molecule has 2 aromatic rings. The average Bonchev–Trinajstić information content (AvgIpc) is 2.96. The van der Waals surface area contributed by atoms with Crippen molar-refractivity contribution in [1.82, 2.24) is 9.80 Å². The summed E-state index contributed by atoms with van der Waals surface area (Å²) in [7, 11) is 0. The highest BCUT2D eigenvalue weighted by atomic mass is 16.6. The van der Waals surface area contributed by atoms with E-state index in [9.17, 15) is 4.79 Å². The van der Waals surface area contributed by atoms with Crippen LogP contribution in [0.1, 0.15) is 18.4 Å². The molecule has 0 saturated carbocycles. The lowest BCUT2D eigenvalue weighted by atomic mass is 10.0. The third-order valence-electron chi connectivity index (χ3n) is 5.30. The number of hydrogen-bond acceptors (Lipinski definition) is 3. The number of carbonyl (C=O) groups excluding carboxylic acids is 1. The molecule has 3 heterocycles. The summed E-state index contributed by atoms with van der Waals surface area (Å²) in [6, 6.07) is 16.5. The molecule has 2 bridgehead atoms. The monoisotopic (exact) mass is 336 g/mol. The number of fused-ring (bicyclic) bond motifs is 4. The topological polar surface area (TPSA) is 32.8 Å². The third kappa shape index (κ3) is 3.54. The Morgan fingerprint density at radius 3 is 2.44 bits per heavy atom. The van der Waals surface area contributed by atoms with Gasteiger partial charge in [0.25, 0.3) is 0 Å². The van der Waals surface area contributed by atoms with Crippen molar-refractivity contribution in [1.29, 1.82) is 0 Å². The first kappa shape index (κ1) is 16.2. The van der Waals surface area contributed by atoms with Gasteiger partial charge in [0.2, 0.25) is 0 Å². The van der Waals surface area contributed by atoms with Crippen LogP contribution in [-0.2, 0) is 0 Å². The molecule has 5 rings (SSSR count). The molecule has 4 heteroatoms. The quantitative estimate of drug-likeness (QED) is 0.833. The highest BCUT2D eigenvalue weighted by molar-refractivity contribution is 5.72. The van der Waals surface area contributed by atoms with Gasteiger partial charge in [-0.3, -0.25) is 0 Å². The van der Waals surface area contributed by atoms with Crippen molar-refractivity contribution in [2.75, 3.05) is 26.2 Å². The molecule has 25 heavy (non-hydrogen) atoms. The maximum Gasteiger partial charge on any atom is 0.415 e. The van der Waals surface area contributed by atoms with Crippen LogP contribution in [0.4, 0.5) is 4.79 Å². The molecular weight excluding hydrogens is 312 g/mol. The highest BCUT2D eigenvalue weighted by Crippen LogP contribution is 2.25. The number of piperidine rings is 1. The Hall–Kier alpha value is -2.33. The van der Waals surface area contributed by atoms with E-state index in [-0.39, 0.29) is 6.09 Å². The van der Waals surface area contributed by atoms with E-state index in [2.05, 4.69) is 36.1 Å². The van der Waals surface area contributed by atoms with Crippen LogP contribution in [0.25, 0.3) is 11.1 Å². The molecule has 0 radical (unpaired) electrons. The molecule has 4 nitrogen and oxygen atoms in total. The van der Waals surface area contributed by atoms with Gasteiger partial charge in [0.05, 0.1) is 0 Å². The lowest BCUT2D eigenvalue weighted by Crippen LogP contribution is -2.43. The van der Waals surface area contributed by atoms with E-state index in [1.165, 1.54) is 11.1 Å². The molecule has 0 aromatic heterocycles. The molecule has 1 amide bonds. The Bertz CT molecular complexity index is 749. The zero-order chi connectivity index (χ0) is 17.2. The summed E-state index contributed by atoms with van der Waals surface area (Å²) in [4.78, 5) is 16.9. The molecule has 0 N–H and O–H groups in total. The highest BCUT2D eigenvalue weighted by Gasteiger charge is 2.32. The predicted molar refractivity (Wildman–Crippen MR) is 98.8 cm³/mol. The molecule has 0 spiro atoms. The Balaban J connectivity index is 1.45. The summed E-state index contributed by atoms with van der Waals surface area (Å²) in [5.74, 6) is 0.612. The molecular formula is C21H24N2O2. The van der Waals surface area contributed by atoms with Crippen molar-refractivity contribution in [2.45, 2.75) is 25.8 Å². The number of aryl methyl sites for hydroxylation is 1. The Labute approximate surface area is 149 Å². The minimum absolute atomic E-state index is 0.211. The summed E-state index contributed by atoms with van der Waals surface area (Å²) >= 11 is 0. The molecule has 0 unspecified atom stereocenters. The largest absolute Gasteiger partial charge is 0.415 e. The molecule has 3 aliphatic rings. The first-order valence-corrected chi connectivity index (χ1v) is 9.07. The van der Waals surface area contributed by atoms with E-state index < -0.39 is 0 Å². The lowest BCUT2D eigenvalue weighted by molar-refractivity contribution is 0.131. The summed E-state index contributed by atoms with van der Waals surface area (Å²) in [6.45, 7) is 6.01. The smallest absolute Gasteiger partial charge is 0.410 e. The van der Waals surface area contributed by atoms with Gasteiger partial charge in [-0.1, -0.05) is 42.0 Å². The normalized spacial score (nSPS) is 22.5. The fraction of sp³-hybridized carbons (Fsp3) is 0.381. The fourth-order valence-corrected chi connectivity index (χ4v) is 3.83. The zero-order valence-electron chi connectivity index (χ0n) is 14.6. The van der Waals surface area contributed by atoms with Gasteiger partial charge in [-0.15, -0.1) is 0 Å². The molecule has 2 aromatic carbocycles. The van der Waals surface area contributed by atoms with Crippen LogP contribution in [0, 0.1) is 6.92 Å². The minimum Gasteiger partial charge on any atom is -0.410 e. The van der Waals surface area contributed by atoms with Crippen molar-refractivity contribution in [3.63, 3.8) is 0 Å². The van der Waals surface area contributed by atoms with E-state index in [1.807, 2.05) is 29.2 Å². The van der Waals surface area contributed by atoms with Crippen LogP contribution in [0.15, 0.2) is 48.5 Å². The number of nitrogens with zero attached hydrogens (tertiary/aromatic N) is 2. The van der Waals surface area contributed by atoms with Crippen molar-refractivity contribution in [3.05, 3.63) is 54.1 Å². The summed E-state index contributed by atoms with van der Waals surface area (Å²) in [5.41, 5.74) is 3.54. The molecule has 0 aliphatic carbocycles. The van der Waals surface area contributed by atoms with Crippen LogP contribution >= 0.6 is 0 Å². The molecule has 3 aliphatic heterocycles. The molecule has 0 atom stereocenters. The third-order valence-corrected chi connectivity index (χ3v) is 5.30. The Kier molecular flexibility index (Phi) is 4.45. The van der Waals surface area contributed by atoms with Crippen molar-refractivity contribution in [2.24, 2.45) is 0 Å². The number of rotatable bonds is 2. The predicted octanol–water partition coefficient (Wildman–Crippen LogP) is 3.94. The first-order valence-electron chi connectivity index (χ1n) is 9.07. The fourth-order valence-electron chi connectivity index (χ4n) is 3.83. The van der Waals surface area contributed by atoms with Gasteiger partial charge in [0.1, 0.15) is 5.75 Å². The van der Waals surface area contributed by atoms with Gasteiger partial charge in [-0.25, -0.2) is 4.79 Å². The number of hydrogen-bond donors (Lipinski definition) is 0. The second-order valence-corrected chi connectivity index (χ2v) is 7.03. The Morgan fingerprint density at radius 2 is 1.72 bits per heavy atom. The maximum absolute atomic E-state index is 12.6. The standard InChI is InChI=1S/C21H24N2O2/c1-16-3-2-4-18(15-16)17-5-7-20(8-6-17)25-21(24)23-14-13-22-11-9-19(23)10-12-22/h2-8,15,19H,9-14H2,1H3. The second-order valence-electron chi connectivity index (χ2n) is 7.03. The maximum atomic E-state index is 12.6. The van der Waals surface area contributed by atoms with Crippen molar-refractivity contribution < 1.29 is 9.53 Å². The molecule has 3 saturated heterocycles. The van der Waals surface area contributed by atoms with Gasteiger partial charge >= 0.3 is 6.09 Å². The number of ether oxygens (including phenoxy) is 1. The number of amides is 1. The van der Waals surface area contributed by atoms with Gasteiger partial charge in [-0.05, 0) is 43.0 Å². The minimum atomic E-state index is -0.211. The van der Waals surface area contributed by atoms with E-state index in [0.29, 0.717) is 11.8 Å².